The summed E-state index contributed by atoms with van der Waals surface area (Å²) in [5.74, 6) is 0. The first-order valence-electron chi connectivity index (χ1n) is 5.17. The second kappa shape index (κ2) is 3.67. The highest BCUT2D eigenvalue weighted by molar-refractivity contribution is 9.10. The van der Waals surface area contributed by atoms with Gasteiger partial charge in [-0.1, -0.05) is 34.5 Å². The highest BCUT2D eigenvalue weighted by Crippen LogP contribution is 2.45. The largest absolute Gasteiger partial charge is 0.327 e. The molecule has 0 bridgehead atoms. The lowest BCUT2D eigenvalue weighted by Gasteiger charge is -2.45. The molecule has 14 heavy (non-hydrogen) atoms. The number of hydrogen-bond donors (Lipinski definition) is 1. The van der Waals surface area contributed by atoms with E-state index in [4.69, 9.17) is 5.73 Å². The van der Waals surface area contributed by atoms with E-state index in [9.17, 15) is 0 Å². The summed E-state index contributed by atoms with van der Waals surface area (Å²) in [6.07, 6.45) is 3.80. The van der Waals surface area contributed by atoms with Crippen LogP contribution >= 0.6 is 15.9 Å². The quantitative estimate of drug-likeness (QED) is 0.861. The maximum Gasteiger partial charge on any atom is 0.0175 e. The summed E-state index contributed by atoms with van der Waals surface area (Å²) < 4.78 is 1.14. The Balaban J connectivity index is 2.32. The molecule has 76 valence electrons. The van der Waals surface area contributed by atoms with Crippen LogP contribution in [0.2, 0.25) is 0 Å². The monoisotopic (exact) mass is 253 g/mol. The SMILES string of the molecule is CC(N)C1(c2ccc(Br)cc2)CCC1. The van der Waals surface area contributed by atoms with Gasteiger partial charge in [0.15, 0.2) is 0 Å². The van der Waals surface area contributed by atoms with Crippen molar-refractivity contribution in [2.24, 2.45) is 5.73 Å². The van der Waals surface area contributed by atoms with E-state index in [1.54, 1.807) is 0 Å². The predicted molar refractivity (Wildman–Crippen MR) is 63.3 cm³/mol. The van der Waals surface area contributed by atoms with E-state index in [1.165, 1.54) is 24.8 Å². The van der Waals surface area contributed by atoms with E-state index >= 15 is 0 Å². The van der Waals surface area contributed by atoms with Crippen LogP contribution in [-0.4, -0.2) is 6.04 Å². The van der Waals surface area contributed by atoms with Crippen molar-refractivity contribution in [3.63, 3.8) is 0 Å². The Bertz CT molecular complexity index is 312. The molecule has 1 saturated carbocycles. The van der Waals surface area contributed by atoms with Crippen molar-refractivity contribution in [2.45, 2.75) is 37.6 Å². The highest BCUT2D eigenvalue weighted by atomic mass is 79.9. The molecule has 0 radical (unpaired) electrons. The summed E-state index contributed by atoms with van der Waals surface area (Å²) in [7, 11) is 0. The molecule has 1 unspecified atom stereocenters. The van der Waals surface area contributed by atoms with E-state index in [2.05, 4.69) is 47.1 Å². The molecule has 2 N–H and O–H groups in total. The molecule has 1 nitrogen and oxygen atoms in total. The van der Waals surface area contributed by atoms with Crippen molar-refractivity contribution in [3.8, 4) is 0 Å². The van der Waals surface area contributed by atoms with Crippen LogP contribution < -0.4 is 5.73 Å². The Hall–Kier alpha value is -0.340. The molecule has 0 amide bonds. The number of rotatable bonds is 2. The molecule has 1 fully saturated rings. The summed E-state index contributed by atoms with van der Waals surface area (Å²) in [6, 6.07) is 8.88. The van der Waals surface area contributed by atoms with Crippen molar-refractivity contribution in [1.29, 1.82) is 0 Å². The van der Waals surface area contributed by atoms with Gasteiger partial charge in [-0.25, -0.2) is 0 Å². The first-order chi connectivity index (χ1) is 6.65. The molecule has 1 atom stereocenters. The Kier molecular flexibility index (Phi) is 2.67. The number of hydrogen-bond acceptors (Lipinski definition) is 1. The minimum Gasteiger partial charge on any atom is -0.327 e. The summed E-state index contributed by atoms with van der Waals surface area (Å²) in [4.78, 5) is 0. The summed E-state index contributed by atoms with van der Waals surface area (Å²) in [5.41, 5.74) is 7.76. The van der Waals surface area contributed by atoms with Crippen LogP contribution in [0.1, 0.15) is 31.7 Å². The molecule has 0 aromatic heterocycles. The fourth-order valence-corrected chi connectivity index (χ4v) is 2.61. The third-order valence-corrected chi connectivity index (χ3v) is 4.07. The molecular weight excluding hydrogens is 238 g/mol. The molecule has 0 heterocycles. The van der Waals surface area contributed by atoms with Gasteiger partial charge in [0.25, 0.3) is 0 Å². The van der Waals surface area contributed by atoms with Gasteiger partial charge in [0, 0.05) is 15.9 Å². The van der Waals surface area contributed by atoms with Gasteiger partial charge in [0.05, 0.1) is 0 Å². The van der Waals surface area contributed by atoms with Gasteiger partial charge in [-0.2, -0.15) is 0 Å². The Morgan fingerprint density at radius 2 is 1.86 bits per heavy atom. The standard InChI is InChI=1S/C12H16BrN/c1-9(14)12(7-2-8-12)10-3-5-11(13)6-4-10/h3-6,9H,2,7-8,14H2,1H3. The number of halogens is 1. The van der Waals surface area contributed by atoms with Crippen LogP contribution in [-0.2, 0) is 5.41 Å². The Morgan fingerprint density at radius 3 is 2.21 bits per heavy atom. The van der Waals surface area contributed by atoms with Crippen molar-refractivity contribution in [1.82, 2.24) is 0 Å². The van der Waals surface area contributed by atoms with Gasteiger partial charge in [0.2, 0.25) is 0 Å². The first-order valence-corrected chi connectivity index (χ1v) is 5.96. The average molecular weight is 254 g/mol. The first kappa shape index (κ1) is 10.2. The van der Waals surface area contributed by atoms with E-state index in [1.807, 2.05) is 0 Å². The van der Waals surface area contributed by atoms with E-state index < -0.39 is 0 Å². The molecule has 1 aliphatic carbocycles. The van der Waals surface area contributed by atoms with Gasteiger partial charge in [-0.15, -0.1) is 0 Å². The normalized spacial score (nSPS) is 21.4. The third-order valence-electron chi connectivity index (χ3n) is 3.54. The second-order valence-corrected chi connectivity index (χ2v) is 5.22. The fraction of sp³-hybridized carbons (Fsp3) is 0.500. The minimum absolute atomic E-state index is 0.262. The molecular formula is C12H16BrN. The van der Waals surface area contributed by atoms with E-state index in [0.29, 0.717) is 0 Å². The Labute approximate surface area is 93.8 Å². The topological polar surface area (TPSA) is 26.0 Å². The number of nitrogens with two attached hydrogens (primary N) is 1. The summed E-state index contributed by atoms with van der Waals surface area (Å²) in [5, 5.41) is 0. The lowest BCUT2D eigenvalue weighted by Crippen LogP contribution is -2.48. The zero-order valence-corrected chi connectivity index (χ0v) is 10.0. The van der Waals surface area contributed by atoms with Gasteiger partial charge in [-0.05, 0) is 37.5 Å². The third kappa shape index (κ3) is 1.51. The van der Waals surface area contributed by atoms with Gasteiger partial charge < -0.3 is 5.73 Å². The summed E-state index contributed by atoms with van der Waals surface area (Å²) >= 11 is 3.46. The minimum atomic E-state index is 0.262. The van der Waals surface area contributed by atoms with Crippen LogP contribution in [0.15, 0.2) is 28.7 Å². The van der Waals surface area contributed by atoms with Crippen LogP contribution in [0, 0.1) is 0 Å². The van der Waals surface area contributed by atoms with Crippen molar-refractivity contribution in [2.75, 3.05) is 0 Å². The maximum absolute atomic E-state index is 6.09. The molecule has 2 rings (SSSR count). The van der Waals surface area contributed by atoms with Crippen LogP contribution in [0.5, 0.6) is 0 Å². The molecule has 0 aliphatic heterocycles. The second-order valence-electron chi connectivity index (χ2n) is 4.31. The van der Waals surface area contributed by atoms with Crippen molar-refractivity contribution in [3.05, 3.63) is 34.3 Å². The molecule has 2 heteroatoms. The van der Waals surface area contributed by atoms with E-state index in [0.717, 1.165) is 4.47 Å². The van der Waals surface area contributed by atoms with Gasteiger partial charge in [0.1, 0.15) is 0 Å². The fourth-order valence-electron chi connectivity index (χ4n) is 2.35. The van der Waals surface area contributed by atoms with Crippen LogP contribution in [0.4, 0.5) is 0 Å². The smallest absolute Gasteiger partial charge is 0.0175 e. The van der Waals surface area contributed by atoms with Crippen molar-refractivity contribution < 1.29 is 0 Å². The van der Waals surface area contributed by atoms with Crippen LogP contribution in [0.25, 0.3) is 0 Å². The van der Waals surface area contributed by atoms with Crippen LogP contribution in [0.3, 0.4) is 0 Å². The molecule has 0 spiro atoms. The summed E-state index contributed by atoms with van der Waals surface area (Å²) in [6.45, 7) is 2.13. The lowest BCUT2D eigenvalue weighted by atomic mass is 9.61. The molecule has 0 saturated heterocycles. The van der Waals surface area contributed by atoms with Crippen molar-refractivity contribution >= 4 is 15.9 Å². The highest BCUT2D eigenvalue weighted by Gasteiger charge is 2.41. The average Bonchev–Trinajstić information content (AvgIpc) is 2.05. The molecule has 1 aromatic rings. The van der Waals surface area contributed by atoms with Gasteiger partial charge >= 0.3 is 0 Å². The maximum atomic E-state index is 6.09. The number of benzene rings is 1. The molecule has 1 aromatic carbocycles. The van der Waals surface area contributed by atoms with E-state index in [-0.39, 0.29) is 11.5 Å². The molecule has 1 aliphatic rings. The Morgan fingerprint density at radius 1 is 1.29 bits per heavy atom. The zero-order chi connectivity index (χ0) is 10.2. The zero-order valence-electron chi connectivity index (χ0n) is 8.46. The van der Waals surface area contributed by atoms with Gasteiger partial charge in [-0.3, -0.25) is 0 Å². The lowest BCUT2D eigenvalue weighted by molar-refractivity contribution is 0.205. The predicted octanol–water partition coefficient (Wildman–Crippen LogP) is 3.22.